The highest BCUT2D eigenvalue weighted by Crippen LogP contribution is 2.38. The summed E-state index contributed by atoms with van der Waals surface area (Å²) in [6.45, 7) is 1.75. The van der Waals surface area contributed by atoms with E-state index in [0.717, 1.165) is 12.8 Å². The maximum Gasteiger partial charge on any atom is 0.233 e. The highest BCUT2D eigenvalue weighted by atomic mass is 16.8. The van der Waals surface area contributed by atoms with Crippen molar-refractivity contribution in [2.24, 2.45) is 0 Å². The third kappa shape index (κ3) is 2.71. The second kappa shape index (κ2) is 5.10. The van der Waals surface area contributed by atoms with Gasteiger partial charge in [-0.25, -0.2) is 0 Å². The molecular weight excluding hydrogens is 216 g/mol. The van der Waals surface area contributed by atoms with Gasteiger partial charge in [-0.05, 0) is 30.9 Å². The average molecular weight is 230 g/mol. The van der Waals surface area contributed by atoms with E-state index in [0.29, 0.717) is 5.76 Å². The first-order valence-corrected chi connectivity index (χ1v) is 5.49. The van der Waals surface area contributed by atoms with Crippen LogP contribution in [-0.2, 0) is 14.2 Å². The molecule has 3 heteroatoms. The van der Waals surface area contributed by atoms with Crippen LogP contribution in [0.25, 0.3) is 0 Å². The monoisotopic (exact) mass is 230 g/mol. The molecule has 1 spiro atoms. The van der Waals surface area contributed by atoms with Crippen LogP contribution in [0.1, 0.15) is 19.8 Å². The quantitative estimate of drug-likeness (QED) is 0.644. The van der Waals surface area contributed by atoms with Crippen molar-refractivity contribution < 1.29 is 14.2 Å². The molecular formula is C14H14O3. The van der Waals surface area contributed by atoms with E-state index in [-0.39, 0.29) is 6.29 Å². The summed E-state index contributed by atoms with van der Waals surface area (Å²) in [5.74, 6) is 10.9. The van der Waals surface area contributed by atoms with Gasteiger partial charge in [0.1, 0.15) is 5.76 Å². The highest BCUT2D eigenvalue weighted by molar-refractivity contribution is 5.35. The summed E-state index contributed by atoms with van der Waals surface area (Å²) in [7, 11) is 1.63. The number of rotatable bonds is 1. The summed E-state index contributed by atoms with van der Waals surface area (Å²) >= 11 is 0. The number of allylic oxidation sites excluding steroid dienone is 2. The Kier molecular flexibility index (Phi) is 3.54. The molecule has 2 heterocycles. The fourth-order valence-electron chi connectivity index (χ4n) is 1.78. The zero-order valence-corrected chi connectivity index (χ0v) is 9.95. The molecule has 0 unspecified atom stereocenters. The summed E-state index contributed by atoms with van der Waals surface area (Å²) in [6.07, 6.45) is 6.91. The van der Waals surface area contributed by atoms with Gasteiger partial charge in [0.05, 0.1) is 0 Å². The lowest BCUT2D eigenvalue weighted by Gasteiger charge is -2.22. The second-order valence-electron chi connectivity index (χ2n) is 3.76. The van der Waals surface area contributed by atoms with E-state index in [1.165, 1.54) is 0 Å². The molecule has 0 aromatic carbocycles. The Balaban J connectivity index is 1.99. The summed E-state index contributed by atoms with van der Waals surface area (Å²) < 4.78 is 16.5. The molecule has 2 atom stereocenters. The average Bonchev–Trinajstić information content (AvgIpc) is 2.93. The maximum absolute atomic E-state index is 5.72. The lowest BCUT2D eigenvalue weighted by molar-refractivity contribution is -0.218. The van der Waals surface area contributed by atoms with E-state index < -0.39 is 5.79 Å². The molecule has 0 aliphatic carbocycles. The van der Waals surface area contributed by atoms with Crippen molar-refractivity contribution in [1.82, 2.24) is 0 Å². The molecule has 3 nitrogen and oxygen atoms in total. The van der Waals surface area contributed by atoms with Crippen molar-refractivity contribution >= 4 is 0 Å². The van der Waals surface area contributed by atoms with Gasteiger partial charge in [0.2, 0.25) is 5.79 Å². The van der Waals surface area contributed by atoms with Gasteiger partial charge in [0.15, 0.2) is 6.29 Å². The third-order valence-corrected chi connectivity index (χ3v) is 2.59. The number of methoxy groups -OCH3 is 1. The Labute approximate surface area is 101 Å². The van der Waals surface area contributed by atoms with Gasteiger partial charge in [-0.2, -0.15) is 0 Å². The Morgan fingerprint density at radius 3 is 3.12 bits per heavy atom. The Morgan fingerprint density at radius 2 is 2.41 bits per heavy atom. The van der Waals surface area contributed by atoms with E-state index in [1.54, 1.807) is 20.1 Å². The van der Waals surface area contributed by atoms with Gasteiger partial charge in [0.25, 0.3) is 0 Å². The van der Waals surface area contributed by atoms with Crippen LogP contribution in [0.5, 0.6) is 0 Å². The predicted molar refractivity (Wildman–Crippen MR) is 63.4 cm³/mol. The predicted octanol–water partition coefficient (Wildman–Crippen LogP) is 1.96. The van der Waals surface area contributed by atoms with E-state index in [1.807, 2.05) is 12.2 Å². The Hall–Kier alpha value is -1.68. The second-order valence-corrected chi connectivity index (χ2v) is 3.76. The first-order chi connectivity index (χ1) is 8.28. The number of ether oxygens (including phenoxy) is 3. The van der Waals surface area contributed by atoms with Gasteiger partial charge >= 0.3 is 0 Å². The van der Waals surface area contributed by atoms with Crippen molar-refractivity contribution in [3.8, 4) is 23.7 Å². The van der Waals surface area contributed by atoms with Crippen LogP contribution in [0.3, 0.4) is 0 Å². The molecule has 0 saturated carbocycles. The van der Waals surface area contributed by atoms with Crippen molar-refractivity contribution in [2.75, 3.05) is 7.11 Å². The molecule has 0 bridgehead atoms. The Bertz CT molecular complexity index is 467. The molecule has 0 radical (unpaired) electrons. The SMILES string of the molecule is CC#CC#C/C=C1/C=C[C@@]2(CC[C@H](OC)O2)O1. The minimum Gasteiger partial charge on any atom is -0.458 e. The van der Waals surface area contributed by atoms with E-state index in [4.69, 9.17) is 14.2 Å². The molecule has 0 aromatic heterocycles. The Morgan fingerprint density at radius 1 is 1.53 bits per heavy atom. The number of hydrogen-bond donors (Lipinski definition) is 0. The standard InChI is InChI=1S/C14H14O3/c1-3-4-5-6-7-12-8-10-14(16-12)11-9-13(15-2)17-14/h7-8,10,13H,9,11H2,1-2H3/b12-7-/t13-,14-/m1/s1. The van der Waals surface area contributed by atoms with Crippen LogP contribution >= 0.6 is 0 Å². The normalized spacial score (nSPS) is 31.9. The minimum absolute atomic E-state index is 0.184. The molecule has 2 aliphatic heterocycles. The summed E-state index contributed by atoms with van der Waals surface area (Å²) in [6, 6.07) is 0. The number of hydrogen-bond acceptors (Lipinski definition) is 3. The minimum atomic E-state index is -0.648. The first-order valence-electron chi connectivity index (χ1n) is 5.49. The van der Waals surface area contributed by atoms with Gasteiger partial charge < -0.3 is 14.2 Å². The molecule has 1 fully saturated rings. The van der Waals surface area contributed by atoms with E-state index in [9.17, 15) is 0 Å². The third-order valence-electron chi connectivity index (χ3n) is 2.59. The topological polar surface area (TPSA) is 27.7 Å². The van der Waals surface area contributed by atoms with Gasteiger partial charge in [-0.15, -0.1) is 0 Å². The molecule has 1 saturated heterocycles. The maximum atomic E-state index is 5.72. The molecule has 0 aromatic rings. The highest BCUT2D eigenvalue weighted by Gasteiger charge is 2.43. The molecule has 17 heavy (non-hydrogen) atoms. The van der Waals surface area contributed by atoms with E-state index >= 15 is 0 Å². The van der Waals surface area contributed by atoms with Crippen molar-refractivity contribution in [1.29, 1.82) is 0 Å². The van der Waals surface area contributed by atoms with Crippen LogP contribution in [0.4, 0.5) is 0 Å². The molecule has 88 valence electrons. The van der Waals surface area contributed by atoms with Gasteiger partial charge in [-0.1, -0.05) is 11.8 Å². The van der Waals surface area contributed by atoms with Crippen LogP contribution in [-0.4, -0.2) is 19.2 Å². The molecule has 0 amide bonds. The summed E-state index contributed by atoms with van der Waals surface area (Å²) in [5.41, 5.74) is 0. The summed E-state index contributed by atoms with van der Waals surface area (Å²) in [5, 5.41) is 0. The van der Waals surface area contributed by atoms with Gasteiger partial charge in [-0.3, -0.25) is 0 Å². The van der Waals surface area contributed by atoms with Crippen LogP contribution in [0, 0.1) is 23.7 Å². The zero-order chi connectivity index (χ0) is 12.1. The molecule has 2 aliphatic rings. The fourth-order valence-corrected chi connectivity index (χ4v) is 1.78. The van der Waals surface area contributed by atoms with E-state index in [2.05, 4.69) is 23.7 Å². The van der Waals surface area contributed by atoms with Crippen LogP contribution in [0.15, 0.2) is 24.0 Å². The van der Waals surface area contributed by atoms with Gasteiger partial charge in [0, 0.05) is 26.0 Å². The lowest BCUT2D eigenvalue weighted by Crippen LogP contribution is -2.27. The zero-order valence-electron chi connectivity index (χ0n) is 9.95. The fraction of sp³-hybridized carbons (Fsp3) is 0.429. The smallest absolute Gasteiger partial charge is 0.233 e. The van der Waals surface area contributed by atoms with Crippen LogP contribution < -0.4 is 0 Å². The first kappa shape index (κ1) is 11.8. The largest absolute Gasteiger partial charge is 0.458 e. The van der Waals surface area contributed by atoms with Crippen molar-refractivity contribution in [3.63, 3.8) is 0 Å². The molecule has 2 rings (SSSR count). The molecule has 0 N–H and O–H groups in total. The van der Waals surface area contributed by atoms with Crippen molar-refractivity contribution in [2.45, 2.75) is 31.8 Å². The van der Waals surface area contributed by atoms with Crippen LogP contribution in [0.2, 0.25) is 0 Å². The lowest BCUT2D eigenvalue weighted by atomic mass is 10.2. The van der Waals surface area contributed by atoms with Crippen molar-refractivity contribution in [3.05, 3.63) is 24.0 Å². The summed E-state index contributed by atoms with van der Waals surface area (Å²) in [4.78, 5) is 0.